The van der Waals surface area contributed by atoms with E-state index < -0.39 is 221 Å². The van der Waals surface area contributed by atoms with Crippen LogP contribution in [0, 0.1) is 58.2 Å². The number of carbonyl (C=O) groups is 7. The number of benzene rings is 1. The molecule has 4 aliphatic carbocycles. The highest BCUT2D eigenvalue weighted by atomic mass is 19.1. The number of fused-ring (bicyclic) bond motifs is 5. The molecule has 0 spiro atoms. The number of rotatable bonds is 23. The van der Waals surface area contributed by atoms with Crippen LogP contribution in [-0.2, 0) is 63.6 Å². The molecule has 8 rings (SSSR count). The zero-order valence-corrected chi connectivity index (χ0v) is 68.2. The summed E-state index contributed by atoms with van der Waals surface area (Å²) in [6.07, 6.45) is -10.1. The number of carbonyl (C=O) groups excluding carboxylic acids is 6. The van der Waals surface area contributed by atoms with Crippen molar-refractivity contribution in [3.05, 3.63) is 59.7 Å². The number of hydrogen-bond acceptors (Lipinski definition) is 21. The molecule has 3 aliphatic heterocycles. The molecule has 0 aromatic heterocycles. The van der Waals surface area contributed by atoms with Crippen molar-refractivity contribution in [2.75, 3.05) is 60.5 Å². The average molecular weight is 1570 g/mol. The van der Waals surface area contributed by atoms with Crippen molar-refractivity contribution in [3.63, 3.8) is 0 Å². The Morgan fingerprint density at radius 1 is 0.865 bits per heavy atom. The lowest BCUT2D eigenvalue weighted by Gasteiger charge is -2.62. The van der Waals surface area contributed by atoms with Crippen LogP contribution in [0.2, 0.25) is 0 Å². The summed E-state index contributed by atoms with van der Waals surface area (Å²) in [5, 5.41) is 94.4. The number of likely N-dealkylation sites (N-methyl/N-ethyl adjacent to an activating group) is 1. The number of nitrogens with one attached hydrogen (secondary N) is 5. The number of guanidine groups is 1. The minimum Gasteiger partial charge on any atom is -0.479 e. The molecular weight excluding hydrogens is 1440 g/mol. The molecule has 3 saturated heterocycles. The average Bonchev–Trinajstić information content (AvgIpc) is 1.64. The van der Waals surface area contributed by atoms with Crippen molar-refractivity contribution in [2.24, 2.45) is 58.2 Å². The van der Waals surface area contributed by atoms with Crippen molar-refractivity contribution in [1.82, 2.24) is 36.0 Å². The molecule has 7 aliphatic rings. The van der Waals surface area contributed by atoms with Crippen LogP contribution in [0.4, 0.5) is 13.6 Å². The first-order chi connectivity index (χ1) is 51.8. The van der Waals surface area contributed by atoms with Crippen molar-refractivity contribution >= 4 is 47.4 Å². The molecule has 6 fully saturated rings. The molecule has 30 heteroatoms. The number of aliphatic hydroxyl groups excluding tert-OH is 4. The monoisotopic (exact) mass is 1570 g/mol. The van der Waals surface area contributed by atoms with E-state index in [1.807, 2.05) is 51.6 Å². The summed E-state index contributed by atoms with van der Waals surface area (Å²) in [5.41, 5.74) is -9.59. The Balaban J connectivity index is 1.02. The number of nitrogens with zero attached hydrogens (tertiary/aromatic N) is 3. The van der Waals surface area contributed by atoms with Gasteiger partial charge in [-0.3, -0.25) is 44.5 Å². The number of aliphatic hydroxyl groups is 6. The Morgan fingerprint density at radius 3 is 2.17 bits per heavy atom. The predicted octanol–water partition coefficient (Wildman–Crippen LogP) is 3.38. The van der Waals surface area contributed by atoms with Gasteiger partial charge in [0.05, 0.1) is 67.3 Å². The molecule has 1 aromatic rings. The van der Waals surface area contributed by atoms with Crippen molar-refractivity contribution < 1.29 is 112 Å². The van der Waals surface area contributed by atoms with Crippen LogP contribution in [0.15, 0.2) is 54.1 Å². The van der Waals surface area contributed by atoms with Gasteiger partial charge in [0.25, 0.3) is 0 Å². The number of ether oxygens (including phenoxy) is 6. The number of carboxylic acids is 1. The van der Waals surface area contributed by atoms with Gasteiger partial charge >= 0.3 is 29.8 Å². The number of hydrogen-bond donors (Lipinski definition) is 12. The van der Waals surface area contributed by atoms with Gasteiger partial charge < -0.3 is 79.7 Å². The smallest absolute Gasteiger partial charge is 0.353 e. The van der Waals surface area contributed by atoms with Crippen molar-refractivity contribution in [2.45, 2.75) is 282 Å². The molecule has 12 N–H and O–H groups in total. The maximum atomic E-state index is 17.9. The molecule has 21 unspecified atom stereocenters. The molecular formula is C81H129F2N8O20+. The van der Waals surface area contributed by atoms with E-state index in [1.54, 1.807) is 92.6 Å². The number of alkyl halides is 2. The normalized spacial score (nSPS) is 40.2. The lowest BCUT2D eigenvalue weighted by atomic mass is 9.45. The van der Waals surface area contributed by atoms with Crippen molar-refractivity contribution in [3.8, 4) is 0 Å². The fourth-order valence-electron chi connectivity index (χ4n) is 19.5. The number of esters is 1. The molecule has 3 saturated carbocycles. The number of methoxy groups -OCH3 is 1. The van der Waals surface area contributed by atoms with E-state index in [0.717, 1.165) is 6.08 Å². The molecule has 1 aromatic carbocycles. The zero-order valence-electron chi connectivity index (χ0n) is 68.2. The Kier molecular flexibility index (Phi) is 30.1. The number of halogens is 2. The summed E-state index contributed by atoms with van der Waals surface area (Å²) in [5.74, 6) is -10.5. The highest BCUT2D eigenvalue weighted by molar-refractivity contribution is 6.02. The Labute approximate surface area is 652 Å². The van der Waals surface area contributed by atoms with Crippen LogP contribution in [0.1, 0.15) is 167 Å². The van der Waals surface area contributed by atoms with E-state index >= 15 is 13.6 Å². The molecule has 5 amide bonds. The van der Waals surface area contributed by atoms with Crippen LogP contribution >= 0.6 is 0 Å². The van der Waals surface area contributed by atoms with E-state index in [1.165, 1.54) is 38.0 Å². The predicted molar refractivity (Wildman–Crippen MR) is 406 cm³/mol. The fourth-order valence-corrected chi connectivity index (χ4v) is 19.5. The summed E-state index contributed by atoms with van der Waals surface area (Å²) in [7, 11) is 5.14. The summed E-state index contributed by atoms with van der Waals surface area (Å²) < 4.78 is 72.5. The zero-order chi connectivity index (χ0) is 82.5. The third-order valence-electron chi connectivity index (χ3n) is 25.6. The van der Waals surface area contributed by atoms with Gasteiger partial charge in [0.15, 0.2) is 30.6 Å². The molecule has 28 atom stereocenters. The van der Waals surface area contributed by atoms with Gasteiger partial charge in [-0.15, -0.1) is 0 Å². The van der Waals surface area contributed by atoms with Gasteiger partial charge in [-0.2, -0.15) is 4.90 Å². The van der Waals surface area contributed by atoms with E-state index in [2.05, 4.69) is 26.3 Å². The van der Waals surface area contributed by atoms with Crippen LogP contribution in [0.5, 0.6) is 0 Å². The number of aliphatic carboxylic acids is 1. The number of amides is 5. The lowest BCUT2D eigenvalue weighted by molar-refractivity contribution is -0.454. The van der Waals surface area contributed by atoms with Crippen LogP contribution < -0.4 is 26.3 Å². The molecule has 3 heterocycles. The molecule has 626 valence electrons. The summed E-state index contributed by atoms with van der Waals surface area (Å²) >= 11 is 0. The number of imide groups is 1. The third-order valence-corrected chi connectivity index (χ3v) is 25.6. The number of ketones is 1. The standard InChI is InChI=1S/C81H128F2N8O20/c1-19-60-80(15,105)67(98)49(9)90(42-44(4)37-78(13,104)69(111-73-65(97)58(89(16)17)33-46(6)107-73)47(7)66(48(8)72(102)109-60)110-63-39-79(14,106-18)68(99)50(10)108-63)30-23-29-84-74(85-41-62(95)96)91(31-27-43(2)3)71(101)57(34-51-24-21-20-22-25-51)87-61(94)40-86-75(103)88-70(100)64-45(5)32-53-54-36-56(82)55-35-52(92)26-28-77(55,12)81(54,83)59(93)38-76(53,64)11/h20-22,24-26,28,35,43-50,53-54,56-60,63-69,73,93,97-99,104-105H,19,23,27,29-34,36-42H2,1-18H3,(H,84,85)(H,87,94)(H,95,96)(H2,86,88,100,103)/p+1/t44?,45-,46?,47?,48?,49?,50?,53?,54?,56+,57?,58?,59+,60?,63?,64-,65?,66?,67?,68?,69?,73?,76+,77+,78?,79?,80?,81+/m1/s1. The highest BCUT2D eigenvalue weighted by Crippen LogP contribution is 2.70. The summed E-state index contributed by atoms with van der Waals surface area (Å²) in [4.78, 5) is 106. The first-order valence-electron chi connectivity index (χ1n) is 39.8. The van der Waals surface area contributed by atoms with E-state index in [0.29, 0.717) is 18.4 Å². The highest BCUT2D eigenvalue weighted by Gasteiger charge is 2.73. The minimum atomic E-state index is -2.37. The largest absolute Gasteiger partial charge is 0.479 e. The van der Waals surface area contributed by atoms with Gasteiger partial charge in [0.2, 0.25) is 11.8 Å². The molecule has 28 nitrogen and oxygen atoms in total. The quantitative estimate of drug-likeness (QED) is 0.0323. The second-order valence-electron chi connectivity index (χ2n) is 34.9. The third kappa shape index (κ3) is 19.9. The summed E-state index contributed by atoms with van der Waals surface area (Å²) in [6.45, 7) is 24.8. The van der Waals surface area contributed by atoms with Crippen molar-refractivity contribution in [1.29, 1.82) is 0 Å². The lowest BCUT2D eigenvalue weighted by Crippen LogP contribution is -2.82. The number of carboxylic acid groups (broad SMARTS) is 1. The van der Waals surface area contributed by atoms with E-state index in [9.17, 15) is 64.5 Å². The maximum Gasteiger partial charge on any atom is 0.353 e. The van der Waals surface area contributed by atoms with Gasteiger partial charge in [-0.05, 0) is 173 Å². The molecule has 0 radical (unpaired) electrons. The van der Waals surface area contributed by atoms with Gasteiger partial charge in [0.1, 0.15) is 42.2 Å². The Hall–Kier alpha value is -6.00. The van der Waals surface area contributed by atoms with Gasteiger partial charge in [0, 0.05) is 68.3 Å². The number of allylic oxidation sites excluding steroid dienone is 4. The first-order valence-corrected chi connectivity index (χ1v) is 39.8. The Morgan fingerprint density at radius 2 is 1.54 bits per heavy atom. The summed E-state index contributed by atoms with van der Waals surface area (Å²) in [6, 6.07) is 5.05. The van der Waals surface area contributed by atoms with Crippen LogP contribution in [0.3, 0.4) is 0 Å². The maximum absolute atomic E-state index is 17.9. The van der Waals surface area contributed by atoms with E-state index in [4.69, 9.17) is 28.4 Å². The second-order valence-corrected chi connectivity index (χ2v) is 34.9. The molecule has 0 bridgehead atoms. The van der Waals surface area contributed by atoms with Crippen LogP contribution in [0.25, 0.3) is 0 Å². The molecule has 111 heavy (non-hydrogen) atoms. The van der Waals surface area contributed by atoms with Crippen LogP contribution in [-0.4, -0.2) is 273 Å². The van der Waals surface area contributed by atoms with Gasteiger partial charge in [-0.1, -0.05) is 84.9 Å². The SMILES string of the molecule is CCC1OC(=O)C(C)C(OC2CC(C)(OC)C(O)C(C)O2)C(C)C(OC2OC(C)CC(N(C)C)C2O)C(C)(O)CC(C)CN(CCCNC(=[NH+]CC(=O)O)N(CCC(C)C)C(=O)C(Cc2ccccc2)NC(=O)CNC(=O)NC(=O)[C@H]2[C@H](C)CC3C4C[C@H](F)C5=CC(=O)C=C[C@]5(C)[C@@]4(F)[C@@H](O)C[C@@]32C)C(C)C(O)C1(C)O. The number of cyclic esters (lactones) is 1. The van der Waals surface area contributed by atoms with E-state index in [-0.39, 0.29) is 95.0 Å². The topological polar surface area (TPSA) is 388 Å². The first kappa shape index (κ1) is 90.5. The van der Waals surface area contributed by atoms with Gasteiger partial charge in [-0.25, -0.2) is 18.4 Å². The number of urea groups is 1. The minimum absolute atomic E-state index is 0.00153. The second kappa shape index (κ2) is 36.9. The fraction of sp³-hybridized carbons (Fsp3) is 0.778. The Bertz CT molecular complexity index is 3500.